The van der Waals surface area contributed by atoms with Gasteiger partial charge in [-0.3, -0.25) is 9.78 Å². The zero-order valence-corrected chi connectivity index (χ0v) is 23.3. The average molecular weight is 549 g/mol. The summed E-state index contributed by atoms with van der Waals surface area (Å²) in [5, 5.41) is 17.3. The van der Waals surface area contributed by atoms with Crippen LogP contribution >= 0.6 is 11.6 Å². The Hall–Kier alpha value is -3.68. The van der Waals surface area contributed by atoms with Crippen LogP contribution in [0, 0.1) is 5.82 Å². The maximum atomic E-state index is 14.3. The number of anilines is 1. The molecule has 2 aromatic carbocycles. The normalized spacial score (nSPS) is 14.8. The standard InChI is InChI=1S/C31H34ClFN4O2/c1-4-7-29(38)25-19-35-28-11-8-20(21-17-26(32)31(39)27(33)18-21)16-24(28)30(25)36-22(5-2)9-10-23(6-3)37-14-12-34-13-15-37/h5-6,8-11,16-19,34,39H,4,7,12-15H2,1-3H3,(H,35,36)/b10-9-,22-5+,23-6?. The molecular formula is C31H34ClFN4O2. The predicted octanol–water partition coefficient (Wildman–Crippen LogP) is 7.06. The second-order valence-electron chi connectivity index (χ2n) is 9.39. The number of phenolic OH excluding ortho intramolecular Hbond substituents is 1. The fourth-order valence-corrected chi connectivity index (χ4v) is 4.86. The van der Waals surface area contributed by atoms with Crippen molar-refractivity contribution in [2.75, 3.05) is 31.5 Å². The van der Waals surface area contributed by atoms with Crippen LogP contribution in [0.15, 0.2) is 72.2 Å². The number of Topliss-reactive ketones (excluding diaryl/α,β-unsaturated/α-hetero) is 1. The van der Waals surface area contributed by atoms with E-state index in [4.69, 9.17) is 11.6 Å². The Bertz CT molecular complexity index is 1440. The first-order chi connectivity index (χ1) is 18.9. The third-order valence-corrected chi connectivity index (χ3v) is 7.08. The monoisotopic (exact) mass is 548 g/mol. The van der Waals surface area contributed by atoms with Gasteiger partial charge in [0.15, 0.2) is 17.3 Å². The van der Waals surface area contributed by atoms with Crippen LogP contribution < -0.4 is 10.6 Å². The molecule has 8 heteroatoms. The molecule has 2 heterocycles. The zero-order valence-electron chi connectivity index (χ0n) is 22.5. The van der Waals surface area contributed by atoms with E-state index in [9.17, 15) is 14.3 Å². The van der Waals surface area contributed by atoms with Crippen molar-refractivity contribution in [1.29, 1.82) is 0 Å². The van der Waals surface area contributed by atoms with Crippen LogP contribution in [0.5, 0.6) is 5.75 Å². The molecule has 0 radical (unpaired) electrons. The van der Waals surface area contributed by atoms with Gasteiger partial charge in [0.1, 0.15) is 0 Å². The molecule has 6 nitrogen and oxygen atoms in total. The number of rotatable bonds is 9. The largest absolute Gasteiger partial charge is 0.504 e. The van der Waals surface area contributed by atoms with Crippen LogP contribution in [-0.4, -0.2) is 47.0 Å². The number of carbonyl (C=O) groups is 1. The van der Waals surface area contributed by atoms with Crippen molar-refractivity contribution in [3.05, 3.63) is 88.6 Å². The van der Waals surface area contributed by atoms with Crippen LogP contribution in [0.4, 0.5) is 10.1 Å². The molecule has 0 aliphatic carbocycles. The number of carbonyl (C=O) groups excluding carboxylic acids is 1. The molecule has 1 fully saturated rings. The minimum atomic E-state index is -0.799. The lowest BCUT2D eigenvalue weighted by atomic mass is 9.98. The molecule has 1 aromatic heterocycles. The van der Waals surface area contributed by atoms with Crippen molar-refractivity contribution in [2.45, 2.75) is 33.6 Å². The molecule has 0 saturated carbocycles. The summed E-state index contributed by atoms with van der Waals surface area (Å²) in [6, 6.07) is 8.27. The highest BCUT2D eigenvalue weighted by molar-refractivity contribution is 6.32. The van der Waals surface area contributed by atoms with E-state index in [-0.39, 0.29) is 10.8 Å². The SMILES string of the molecule is CC=C(/C=C\C(=C/C)Nc1c(C(=O)CCC)cnc2ccc(-c3cc(F)c(O)c(Cl)c3)cc12)N1CCNCC1. The second-order valence-corrected chi connectivity index (χ2v) is 9.80. The number of fused-ring (bicyclic) bond motifs is 1. The fraction of sp³-hybridized carbons (Fsp3) is 0.290. The van der Waals surface area contributed by atoms with Crippen molar-refractivity contribution in [1.82, 2.24) is 15.2 Å². The maximum absolute atomic E-state index is 14.3. The van der Waals surface area contributed by atoms with E-state index in [0.29, 0.717) is 40.7 Å². The number of nitrogens with zero attached hydrogens (tertiary/aromatic N) is 2. The van der Waals surface area contributed by atoms with Crippen molar-refractivity contribution >= 4 is 34.0 Å². The van der Waals surface area contributed by atoms with Gasteiger partial charge in [-0.25, -0.2) is 4.39 Å². The number of benzene rings is 2. The Morgan fingerprint density at radius 1 is 1.15 bits per heavy atom. The van der Waals surface area contributed by atoms with Crippen LogP contribution in [-0.2, 0) is 0 Å². The molecular weight excluding hydrogens is 515 g/mol. The van der Waals surface area contributed by atoms with E-state index in [1.807, 2.05) is 51.1 Å². The van der Waals surface area contributed by atoms with E-state index in [2.05, 4.69) is 32.7 Å². The Morgan fingerprint density at radius 3 is 2.59 bits per heavy atom. The number of pyridine rings is 1. The first-order valence-electron chi connectivity index (χ1n) is 13.2. The molecule has 1 aliphatic heterocycles. The number of hydrogen-bond donors (Lipinski definition) is 3. The summed E-state index contributed by atoms with van der Waals surface area (Å²) < 4.78 is 14.3. The molecule has 0 unspecified atom stereocenters. The lowest BCUT2D eigenvalue weighted by molar-refractivity contribution is 0.0982. The molecule has 39 heavy (non-hydrogen) atoms. The van der Waals surface area contributed by atoms with Crippen molar-refractivity contribution < 1.29 is 14.3 Å². The summed E-state index contributed by atoms with van der Waals surface area (Å²) in [6.07, 6.45) is 10.9. The summed E-state index contributed by atoms with van der Waals surface area (Å²) >= 11 is 6.05. The van der Waals surface area contributed by atoms with Crippen molar-refractivity contribution in [3.8, 4) is 16.9 Å². The Labute approximate surface area is 233 Å². The lowest BCUT2D eigenvalue weighted by Gasteiger charge is -2.30. The lowest BCUT2D eigenvalue weighted by Crippen LogP contribution is -2.42. The van der Waals surface area contributed by atoms with E-state index < -0.39 is 11.6 Å². The van der Waals surface area contributed by atoms with E-state index in [1.54, 1.807) is 6.20 Å². The quantitative estimate of drug-likeness (QED) is 0.196. The van der Waals surface area contributed by atoms with Gasteiger partial charge in [-0.2, -0.15) is 0 Å². The van der Waals surface area contributed by atoms with Crippen LogP contribution in [0.25, 0.3) is 22.0 Å². The van der Waals surface area contributed by atoms with E-state index >= 15 is 0 Å². The van der Waals surface area contributed by atoms with Crippen LogP contribution in [0.2, 0.25) is 5.02 Å². The first-order valence-corrected chi connectivity index (χ1v) is 13.6. The molecule has 4 rings (SSSR count). The summed E-state index contributed by atoms with van der Waals surface area (Å²) in [6.45, 7) is 9.72. The van der Waals surface area contributed by atoms with Gasteiger partial charge >= 0.3 is 0 Å². The number of aromatic nitrogens is 1. The van der Waals surface area contributed by atoms with Crippen molar-refractivity contribution in [3.63, 3.8) is 0 Å². The highest BCUT2D eigenvalue weighted by atomic mass is 35.5. The molecule has 3 aromatic rings. The number of nitrogens with one attached hydrogen (secondary N) is 2. The molecule has 0 spiro atoms. The highest BCUT2D eigenvalue weighted by Gasteiger charge is 2.18. The van der Waals surface area contributed by atoms with E-state index in [0.717, 1.165) is 43.0 Å². The Balaban J connectivity index is 1.77. The first kappa shape index (κ1) is 28.3. The molecule has 0 bridgehead atoms. The average Bonchev–Trinajstić information content (AvgIpc) is 2.95. The number of hydrogen-bond acceptors (Lipinski definition) is 6. The second kappa shape index (κ2) is 12.9. The Kier molecular flexibility index (Phi) is 9.38. The van der Waals surface area contributed by atoms with Gasteiger partial charge in [-0.05, 0) is 67.8 Å². The van der Waals surface area contributed by atoms with Gasteiger partial charge in [0.25, 0.3) is 0 Å². The minimum absolute atomic E-state index is 0.00656. The molecule has 3 N–H and O–H groups in total. The molecule has 204 valence electrons. The summed E-state index contributed by atoms with van der Waals surface area (Å²) in [5.74, 6) is -1.39. The third-order valence-electron chi connectivity index (χ3n) is 6.79. The van der Waals surface area contributed by atoms with Gasteiger partial charge in [-0.1, -0.05) is 36.7 Å². The highest BCUT2D eigenvalue weighted by Crippen LogP contribution is 2.36. The number of ketones is 1. The molecule has 0 atom stereocenters. The number of phenols is 1. The summed E-state index contributed by atoms with van der Waals surface area (Å²) in [4.78, 5) is 20.0. The van der Waals surface area contributed by atoms with Crippen molar-refractivity contribution in [2.24, 2.45) is 0 Å². The molecule has 1 saturated heterocycles. The fourth-order valence-electron chi connectivity index (χ4n) is 4.65. The molecule has 0 amide bonds. The summed E-state index contributed by atoms with van der Waals surface area (Å²) in [5.41, 5.74) is 4.98. The number of halogens is 2. The van der Waals surface area contributed by atoms with Gasteiger partial charge in [0.05, 0.1) is 21.8 Å². The minimum Gasteiger partial charge on any atom is -0.504 e. The van der Waals surface area contributed by atoms with Crippen LogP contribution in [0.1, 0.15) is 44.0 Å². The van der Waals surface area contributed by atoms with Crippen LogP contribution in [0.3, 0.4) is 0 Å². The van der Waals surface area contributed by atoms with Gasteiger partial charge in [-0.15, -0.1) is 0 Å². The third kappa shape index (κ3) is 6.49. The Morgan fingerprint density at radius 2 is 1.92 bits per heavy atom. The maximum Gasteiger partial charge on any atom is 0.170 e. The molecule has 1 aliphatic rings. The van der Waals surface area contributed by atoms with Gasteiger partial charge < -0.3 is 20.6 Å². The van der Waals surface area contributed by atoms with E-state index in [1.165, 1.54) is 12.1 Å². The topological polar surface area (TPSA) is 77.5 Å². The number of aromatic hydroxyl groups is 1. The predicted molar refractivity (Wildman–Crippen MR) is 158 cm³/mol. The van der Waals surface area contributed by atoms with Gasteiger partial charge in [0, 0.05) is 55.6 Å². The smallest absolute Gasteiger partial charge is 0.170 e. The summed E-state index contributed by atoms with van der Waals surface area (Å²) in [7, 11) is 0. The zero-order chi connectivity index (χ0) is 27.9. The number of allylic oxidation sites excluding steroid dienone is 4. The number of piperazine rings is 1. The van der Waals surface area contributed by atoms with Gasteiger partial charge in [0.2, 0.25) is 0 Å².